The number of allylic oxidation sites excluding steroid dienone is 1. The summed E-state index contributed by atoms with van der Waals surface area (Å²) in [6, 6.07) is 5.27. The van der Waals surface area contributed by atoms with Crippen LogP contribution in [0.25, 0.3) is 0 Å². The average Bonchev–Trinajstić information content (AvgIpc) is 3.09. The van der Waals surface area contributed by atoms with Gasteiger partial charge in [0.1, 0.15) is 31.3 Å². The molecule has 10 heteroatoms. The molecule has 0 radical (unpaired) electrons. The van der Waals surface area contributed by atoms with E-state index in [2.05, 4.69) is 42.7 Å². The van der Waals surface area contributed by atoms with Crippen LogP contribution >= 0.6 is 0 Å². The minimum Gasteiger partial charge on any atom is -0.490 e. The summed E-state index contributed by atoms with van der Waals surface area (Å²) < 4.78 is 20.1. The highest BCUT2D eigenvalue weighted by Crippen LogP contribution is 2.61. The Balaban J connectivity index is 2.01. The van der Waals surface area contributed by atoms with Gasteiger partial charge < -0.3 is 39.5 Å². The first-order valence-corrected chi connectivity index (χ1v) is 17.8. The molecule has 1 heterocycles. The Labute approximate surface area is 286 Å². The van der Waals surface area contributed by atoms with Crippen LogP contribution in [0.15, 0.2) is 60.3 Å². The molecular weight excluding hydrogens is 610 g/mol. The van der Waals surface area contributed by atoms with Gasteiger partial charge in [-0.05, 0) is 74.1 Å². The van der Waals surface area contributed by atoms with Crippen molar-refractivity contribution in [3.63, 3.8) is 0 Å². The maximum atomic E-state index is 14.0. The molecule has 10 nitrogen and oxygen atoms in total. The van der Waals surface area contributed by atoms with E-state index in [4.69, 9.17) is 19.0 Å². The third-order valence-electron chi connectivity index (χ3n) is 9.84. The normalized spacial score (nSPS) is 26.4. The van der Waals surface area contributed by atoms with Crippen LogP contribution < -0.4 is 14.8 Å². The zero-order valence-corrected chi connectivity index (χ0v) is 29.2. The van der Waals surface area contributed by atoms with Crippen LogP contribution in [0.3, 0.4) is 0 Å². The summed E-state index contributed by atoms with van der Waals surface area (Å²) in [5.41, 5.74) is 2.83. The van der Waals surface area contributed by atoms with Crippen LogP contribution in [0.4, 0.5) is 4.79 Å². The molecule has 1 aromatic rings. The van der Waals surface area contributed by atoms with E-state index in [1.165, 1.54) is 0 Å². The first kappa shape index (κ1) is 37.5. The molecule has 48 heavy (non-hydrogen) atoms. The lowest BCUT2D eigenvalue weighted by atomic mass is 9.55. The van der Waals surface area contributed by atoms with Crippen molar-refractivity contribution in [1.29, 1.82) is 0 Å². The lowest BCUT2D eigenvalue weighted by Gasteiger charge is -2.60. The van der Waals surface area contributed by atoms with Gasteiger partial charge in [-0.3, -0.25) is 0 Å². The molecule has 2 amide bonds. The average molecular weight is 668 g/mol. The molecule has 0 aromatic heterocycles. The Morgan fingerprint density at radius 3 is 2.52 bits per heavy atom. The number of benzene rings is 1. The molecule has 3 N–H and O–H groups in total. The number of rotatable bonds is 20. The van der Waals surface area contributed by atoms with Gasteiger partial charge in [-0.25, -0.2) is 4.79 Å². The number of oxime groups is 1. The van der Waals surface area contributed by atoms with Crippen molar-refractivity contribution >= 4 is 11.7 Å². The first-order chi connectivity index (χ1) is 23.4. The third-order valence-corrected chi connectivity index (χ3v) is 9.84. The van der Waals surface area contributed by atoms with Gasteiger partial charge in [-0.2, -0.15) is 0 Å². The van der Waals surface area contributed by atoms with Crippen LogP contribution in [0, 0.1) is 17.8 Å². The van der Waals surface area contributed by atoms with E-state index < -0.39 is 11.8 Å². The Morgan fingerprint density at radius 1 is 1.10 bits per heavy atom. The van der Waals surface area contributed by atoms with E-state index >= 15 is 0 Å². The van der Waals surface area contributed by atoms with Gasteiger partial charge in [-0.1, -0.05) is 56.7 Å². The summed E-state index contributed by atoms with van der Waals surface area (Å²) in [4.78, 5) is 21.3. The van der Waals surface area contributed by atoms with Gasteiger partial charge in [0, 0.05) is 44.2 Å². The summed E-state index contributed by atoms with van der Waals surface area (Å²) in [7, 11) is 1.56. The second kappa shape index (κ2) is 18.4. The van der Waals surface area contributed by atoms with Crippen LogP contribution in [0.2, 0.25) is 0 Å². The molecule has 0 unspecified atom stereocenters. The molecular formula is C38H57N3O7. The largest absolute Gasteiger partial charge is 0.490 e. The fourth-order valence-electron chi connectivity index (χ4n) is 7.98. The van der Waals surface area contributed by atoms with Crippen molar-refractivity contribution in [1.82, 2.24) is 10.2 Å². The Hall–Kier alpha value is -3.34. The molecule has 0 saturated heterocycles. The number of aliphatic hydroxyl groups is 2. The molecule has 0 bridgehead atoms. The second-order valence-corrected chi connectivity index (χ2v) is 13.0. The van der Waals surface area contributed by atoms with Gasteiger partial charge in [0.2, 0.25) is 5.79 Å². The van der Waals surface area contributed by atoms with Crippen molar-refractivity contribution in [3.05, 3.63) is 60.7 Å². The topological polar surface area (TPSA) is 122 Å². The van der Waals surface area contributed by atoms with Crippen molar-refractivity contribution in [2.24, 2.45) is 22.9 Å². The molecule has 2 aliphatic carbocycles. The molecule has 6 atom stereocenters. The summed E-state index contributed by atoms with van der Waals surface area (Å²) in [6.45, 7) is 13.8. The number of carbonyl (C=O) groups excluding carboxylic acids is 1. The van der Waals surface area contributed by atoms with Gasteiger partial charge in [-0.15, -0.1) is 6.58 Å². The highest BCUT2D eigenvalue weighted by Gasteiger charge is 2.65. The fourth-order valence-corrected chi connectivity index (χ4v) is 7.98. The molecule has 3 aliphatic rings. The highest BCUT2D eigenvalue weighted by atomic mass is 16.7. The smallest absolute Gasteiger partial charge is 0.317 e. The number of carbonyl (C=O) groups is 1. The number of urea groups is 1. The minimum atomic E-state index is -1.25. The first-order valence-electron chi connectivity index (χ1n) is 17.8. The number of hydrogen-bond donors (Lipinski definition) is 3. The Kier molecular flexibility index (Phi) is 14.4. The number of aliphatic hydroxyl groups excluding tert-OH is 2. The van der Waals surface area contributed by atoms with E-state index in [0.717, 1.165) is 67.5 Å². The number of ether oxygens (including phenoxy) is 3. The summed E-state index contributed by atoms with van der Waals surface area (Å²) >= 11 is 0. The quantitative estimate of drug-likeness (QED) is 0.0842. The minimum absolute atomic E-state index is 0.0873. The number of nitrogens with one attached hydrogen (secondary N) is 1. The lowest BCUT2D eigenvalue weighted by Crippen LogP contribution is -2.70. The lowest BCUT2D eigenvalue weighted by molar-refractivity contribution is -0.254. The molecule has 1 aromatic carbocycles. The van der Waals surface area contributed by atoms with Gasteiger partial charge in [0.25, 0.3) is 0 Å². The maximum absolute atomic E-state index is 14.0. The third kappa shape index (κ3) is 8.09. The van der Waals surface area contributed by atoms with Crippen LogP contribution in [0.5, 0.6) is 11.5 Å². The van der Waals surface area contributed by atoms with Crippen molar-refractivity contribution in [2.75, 3.05) is 46.6 Å². The van der Waals surface area contributed by atoms with Gasteiger partial charge in [0.15, 0.2) is 0 Å². The Bertz CT molecular complexity index is 1280. The SMILES string of the molecule is C=CCOc1ccc2c(c1)[C@H]1[C@H](CCCCO)[C@@H](CCCCO)C=C3C(=NOC)C[C@H](N(CCC)C(=O)NCCC)[C@@](OCC=C)(O2)[C@H]31. The van der Waals surface area contributed by atoms with Crippen molar-refractivity contribution in [3.8, 4) is 11.5 Å². The molecule has 1 aliphatic heterocycles. The standard InChI is InChI=1S/C38H57N3O7/c1-6-18-39-37(44)41(19-7-2)34-26-32(40-45-5)30-24-27(14-10-12-20-42)29(15-11-13-21-43)35-31-25-28(46-22-8-3)16-17-33(31)48-38(34,36(30)35)47-23-9-4/h8-9,16-17,24-25,27,29,34-36,42-43H,3-4,6-7,10-15,18-23,26H2,1-2,5H3,(H,39,44)/t27-,29+,34-,35+,36+,38+/m0/s1. The van der Waals surface area contributed by atoms with Gasteiger partial charge in [0.05, 0.1) is 18.2 Å². The molecule has 266 valence electrons. The molecule has 1 fully saturated rings. The van der Waals surface area contributed by atoms with E-state index in [-0.39, 0.29) is 49.5 Å². The van der Waals surface area contributed by atoms with Crippen LogP contribution in [0.1, 0.15) is 83.1 Å². The Morgan fingerprint density at radius 2 is 1.85 bits per heavy atom. The van der Waals surface area contributed by atoms with E-state index in [1.807, 2.05) is 24.0 Å². The molecule has 1 saturated carbocycles. The molecule has 0 spiro atoms. The number of nitrogens with zero attached hydrogens (tertiary/aromatic N) is 2. The summed E-state index contributed by atoms with van der Waals surface area (Å²) in [5, 5.41) is 27.2. The second-order valence-electron chi connectivity index (χ2n) is 13.0. The van der Waals surface area contributed by atoms with Crippen LogP contribution in [-0.2, 0) is 9.57 Å². The number of amides is 2. The maximum Gasteiger partial charge on any atom is 0.317 e. The predicted octanol–water partition coefficient (Wildman–Crippen LogP) is 6.35. The van der Waals surface area contributed by atoms with E-state index in [0.29, 0.717) is 38.3 Å². The molecule has 4 rings (SSSR count). The highest BCUT2D eigenvalue weighted by molar-refractivity contribution is 6.03. The number of unbranched alkanes of at least 4 members (excludes halogenated alkanes) is 2. The predicted molar refractivity (Wildman–Crippen MR) is 188 cm³/mol. The summed E-state index contributed by atoms with van der Waals surface area (Å²) in [6.07, 6.45) is 12.7. The zero-order chi connectivity index (χ0) is 34.5. The zero-order valence-electron chi connectivity index (χ0n) is 29.2. The van der Waals surface area contributed by atoms with Crippen molar-refractivity contribution < 1.29 is 34.1 Å². The fraction of sp³-hybridized carbons (Fsp3) is 0.632. The number of fused-ring (bicyclic) bond motifs is 2. The number of hydrogen-bond acceptors (Lipinski definition) is 8. The van der Waals surface area contributed by atoms with Crippen molar-refractivity contribution in [2.45, 2.75) is 89.4 Å². The van der Waals surface area contributed by atoms with Crippen LogP contribution in [-0.4, -0.2) is 85.3 Å². The van der Waals surface area contributed by atoms with E-state index in [1.54, 1.807) is 19.3 Å². The van der Waals surface area contributed by atoms with E-state index in [9.17, 15) is 15.0 Å². The summed E-state index contributed by atoms with van der Waals surface area (Å²) in [5.74, 6) is 0.0849. The van der Waals surface area contributed by atoms with Gasteiger partial charge >= 0.3 is 6.03 Å². The monoisotopic (exact) mass is 667 g/mol.